The molecule has 2 nitrogen and oxygen atoms in total. The second-order valence-corrected chi connectivity index (χ2v) is 6.61. The molecule has 114 valence electrons. The van der Waals surface area contributed by atoms with E-state index in [1.807, 2.05) is 11.4 Å². The quantitative estimate of drug-likeness (QED) is 0.454. The maximum Gasteiger partial charge on any atom is 0.499 e. The van der Waals surface area contributed by atoms with Crippen LogP contribution in [0.1, 0.15) is 76.7 Å². The van der Waals surface area contributed by atoms with Crippen molar-refractivity contribution in [3.05, 3.63) is 17.0 Å². The molecule has 2 N–H and O–H groups in total. The first-order valence-electron chi connectivity index (χ1n) is 8.17. The highest BCUT2D eigenvalue weighted by Gasteiger charge is 2.13. The lowest BCUT2D eigenvalue weighted by Gasteiger charge is -2.02. The SMILES string of the molecule is CCCCCCCCCCCCc1csc(B(O)O)c1. The molecule has 0 unspecified atom stereocenters. The summed E-state index contributed by atoms with van der Waals surface area (Å²) in [6.45, 7) is 2.26. The smallest absolute Gasteiger partial charge is 0.423 e. The summed E-state index contributed by atoms with van der Waals surface area (Å²) in [6.07, 6.45) is 14.6. The third-order valence-electron chi connectivity index (χ3n) is 3.75. The summed E-state index contributed by atoms with van der Waals surface area (Å²) in [5.41, 5.74) is 1.25. The molecule has 0 aliphatic carbocycles. The van der Waals surface area contributed by atoms with Crippen molar-refractivity contribution in [2.45, 2.75) is 77.6 Å². The van der Waals surface area contributed by atoms with Gasteiger partial charge in [-0.25, -0.2) is 0 Å². The van der Waals surface area contributed by atoms with Crippen LogP contribution >= 0.6 is 11.3 Å². The Hall–Kier alpha value is -0.315. The molecule has 1 heterocycles. The van der Waals surface area contributed by atoms with E-state index in [-0.39, 0.29) is 0 Å². The van der Waals surface area contributed by atoms with Gasteiger partial charge in [-0.05, 0) is 29.9 Å². The molecule has 0 amide bonds. The zero-order chi connectivity index (χ0) is 14.6. The number of aryl methyl sites for hydroxylation is 1. The lowest BCUT2D eigenvalue weighted by Crippen LogP contribution is -2.26. The molecule has 1 aromatic heterocycles. The molecule has 0 aromatic carbocycles. The van der Waals surface area contributed by atoms with Gasteiger partial charge >= 0.3 is 7.12 Å². The second-order valence-electron chi connectivity index (χ2n) is 5.66. The highest BCUT2D eigenvalue weighted by Crippen LogP contribution is 2.13. The summed E-state index contributed by atoms with van der Waals surface area (Å²) in [5.74, 6) is 0. The fourth-order valence-corrected chi connectivity index (χ4v) is 3.29. The molecular formula is C16H29BO2S. The van der Waals surface area contributed by atoms with Crippen LogP contribution in [-0.4, -0.2) is 17.2 Å². The maximum absolute atomic E-state index is 9.05. The second kappa shape index (κ2) is 11.4. The van der Waals surface area contributed by atoms with Crippen LogP contribution < -0.4 is 4.78 Å². The van der Waals surface area contributed by atoms with E-state index in [2.05, 4.69) is 6.92 Å². The molecule has 1 aromatic rings. The first-order chi connectivity index (χ1) is 9.74. The molecule has 4 heteroatoms. The standard InChI is InChI=1S/C16H29BO2S/c1-2-3-4-5-6-7-8-9-10-11-12-15-13-16(17(18)19)20-14-15/h13-14,18-19H,2-12H2,1H3. The Morgan fingerprint density at radius 2 is 1.45 bits per heavy atom. The van der Waals surface area contributed by atoms with Gasteiger partial charge in [-0.15, -0.1) is 0 Å². The maximum atomic E-state index is 9.05. The molecule has 0 fully saturated rings. The number of thiophene rings is 1. The van der Waals surface area contributed by atoms with Crippen molar-refractivity contribution in [2.75, 3.05) is 0 Å². The fraction of sp³-hybridized carbons (Fsp3) is 0.750. The van der Waals surface area contributed by atoms with E-state index in [1.165, 1.54) is 81.1 Å². The van der Waals surface area contributed by atoms with Gasteiger partial charge in [0, 0.05) is 4.78 Å². The highest BCUT2D eigenvalue weighted by molar-refractivity contribution is 7.20. The van der Waals surface area contributed by atoms with Crippen molar-refractivity contribution < 1.29 is 10.0 Å². The molecule has 0 spiro atoms. The van der Waals surface area contributed by atoms with Crippen LogP contribution in [0.4, 0.5) is 0 Å². The van der Waals surface area contributed by atoms with E-state index in [9.17, 15) is 0 Å². The number of rotatable bonds is 12. The van der Waals surface area contributed by atoms with Crippen LogP contribution in [0.15, 0.2) is 11.4 Å². The molecule has 0 aliphatic heterocycles. The van der Waals surface area contributed by atoms with E-state index in [4.69, 9.17) is 10.0 Å². The Morgan fingerprint density at radius 1 is 0.900 bits per heavy atom. The number of unbranched alkanes of at least 4 members (excludes halogenated alkanes) is 9. The molecule has 0 atom stereocenters. The summed E-state index contributed by atoms with van der Waals surface area (Å²) in [5, 5.41) is 20.1. The van der Waals surface area contributed by atoms with Gasteiger partial charge in [0.05, 0.1) is 0 Å². The van der Waals surface area contributed by atoms with Crippen molar-refractivity contribution in [1.29, 1.82) is 0 Å². The average Bonchev–Trinajstić information content (AvgIpc) is 2.90. The number of hydrogen-bond donors (Lipinski definition) is 2. The zero-order valence-electron chi connectivity index (χ0n) is 12.8. The third-order valence-corrected chi connectivity index (χ3v) is 4.77. The summed E-state index contributed by atoms with van der Waals surface area (Å²) < 4.78 is 0.659. The van der Waals surface area contributed by atoms with Gasteiger partial charge in [-0.2, -0.15) is 11.3 Å². The molecule has 0 aliphatic rings. The summed E-state index contributed by atoms with van der Waals surface area (Å²) >= 11 is 1.44. The topological polar surface area (TPSA) is 40.5 Å². The summed E-state index contributed by atoms with van der Waals surface area (Å²) in [6, 6.07) is 1.92. The average molecular weight is 296 g/mol. The largest absolute Gasteiger partial charge is 0.499 e. The Bertz CT molecular complexity index is 339. The van der Waals surface area contributed by atoms with Crippen LogP contribution in [-0.2, 0) is 6.42 Å². The van der Waals surface area contributed by atoms with Gasteiger partial charge < -0.3 is 10.0 Å². The Morgan fingerprint density at radius 3 is 1.95 bits per heavy atom. The Labute approximate surface area is 128 Å². The van der Waals surface area contributed by atoms with Crippen molar-refractivity contribution in [1.82, 2.24) is 0 Å². The van der Waals surface area contributed by atoms with Crippen LogP contribution in [0.5, 0.6) is 0 Å². The lowest BCUT2D eigenvalue weighted by molar-refractivity contribution is 0.427. The minimum atomic E-state index is -1.30. The molecule has 0 bridgehead atoms. The van der Waals surface area contributed by atoms with Gasteiger partial charge in [-0.1, -0.05) is 64.7 Å². The van der Waals surface area contributed by atoms with Crippen molar-refractivity contribution in [2.24, 2.45) is 0 Å². The van der Waals surface area contributed by atoms with E-state index < -0.39 is 7.12 Å². The normalized spacial score (nSPS) is 10.9. The van der Waals surface area contributed by atoms with E-state index in [0.717, 1.165) is 6.42 Å². The Balaban J connectivity index is 1.91. The minimum absolute atomic E-state index is 0.659. The predicted octanol–water partition coefficient (Wildman–Crippen LogP) is 3.89. The van der Waals surface area contributed by atoms with Gasteiger partial charge in [0.1, 0.15) is 0 Å². The summed E-state index contributed by atoms with van der Waals surface area (Å²) in [7, 11) is -1.30. The summed E-state index contributed by atoms with van der Waals surface area (Å²) in [4.78, 5) is 0. The van der Waals surface area contributed by atoms with Crippen molar-refractivity contribution in [3.63, 3.8) is 0 Å². The zero-order valence-corrected chi connectivity index (χ0v) is 13.6. The lowest BCUT2D eigenvalue weighted by atomic mass is 9.89. The first kappa shape index (κ1) is 17.7. The third kappa shape index (κ3) is 8.08. The molecular weight excluding hydrogens is 267 g/mol. The monoisotopic (exact) mass is 296 g/mol. The molecule has 1 rings (SSSR count). The molecule has 0 saturated heterocycles. The van der Waals surface area contributed by atoms with E-state index >= 15 is 0 Å². The molecule has 0 saturated carbocycles. The Kier molecular flexibility index (Phi) is 10.1. The van der Waals surface area contributed by atoms with Gasteiger partial charge in [0.2, 0.25) is 0 Å². The van der Waals surface area contributed by atoms with Gasteiger partial charge in [0.25, 0.3) is 0 Å². The molecule has 20 heavy (non-hydrogen) atoms. The fourth-order valence-electron chi connectivity index (χ4n) is 2.48. The van der Waals surface area contributed by atoms with E-state index in [0.29, 0.717) is 4.78 Å². The van der Waals surface area contributed by atoms with Crippen LogP contribution in [0.3, 0.4) is 0 Å². The first-order valence-corrected chi connectivity index (χ1v) is 9.05. The predicted molar refractivity (Wildman–Crippen MR) is 89.7 cm³/mol. The minimum Gasteiger partial charge on any atom is -0.423 e. The number of hydrogen-bond acceptors (Lipinski definition) is 3. The van der Waals surface area contributed by atoms with Gasteiger partial charge in [0.15, 0.2) is 0 Å². The highest BCUT2D eigenvalue weighted by atomic mass is 32.1. The van der Waals surface area contributed by atoms with Crippen LogP contribution in [0, 0.1) is 0 Å². The van der Waals surface area contributed by atoms with E-state index in [1.54, 1.807) is 0 Å². The van der Waals surface area contributed by atoms with Crippen LogP contribution in [0.2, 0.25) is 0 Å². The van der Waals surface area contributed by atoms with Crippen molar-refractivity contribution in [3.8, 4) is 0 Å². The van der Waals surface area contributed by atoms with Gasteiger partial charge in [-0.3, -0.25) is 0 Å². The molecule has 0 radical (unpaired) electrons. The van der Waals surface area contributed by atoms with Crippen molar-refractivity contribution >= 4 is 23.2 Å². The van der Waals surface area contributed by atoms with Crippen LogP contribution in [0.25, 0.3) is 0 Å².